The fourth-order valence-corrected chi connectivity index (χ4v) is 3.84. The molecule has 2 aliphatic heterocycles. The molecule has 0 aromatic carbocycles. The van der Waals surface area contributed by atoms with Crippen LogP contribution in [0.15, 0.2) is 18.5 Å². The van der Waals surface area contributed by atoms with Crippen molar-refractivity contribution in [2.24, 2.45) is 5.92 Å². The van der Waals surface area contributed by atoms with Crippen LogP contribution in [0, 0.1) is 5.92 Å². The molecule has 0 radical (unpaired) electrons. The lowest BCUT2D eigenvalue weighted by atomic mass is 9.95. The molecule has 0 spiro atoms. The van der Waals surface area contributed by atoms with Gasteiger partial charge in [0, 0.05) is 25.7 Å². The van der Waals surface area contributed by atoms with Crippen LogP contribution in [0.2, 0.25) is 0 Å². The van der Waals surface area contributed by atoms with E-state index in [1.807, 2.05) is 25.7 Å². The summed E-state index contributed by atoms with van der Waals surface area (Å²) in [7, 11) is 0. The maximum absolute atomic E-state index is 13.7. The van der Waals surface area contributed by atoms with E-state index in [0.29, 0.717) is 25.2 Å². The van der Waals surface area contributed by atoms with Crippen molar-refractivity contribution in [3.8, 4) is 11.4 Å². The molecule has 2 N–H and O–H groups in total. The molecule has 0 bridgehead atoms. The maximum atomic E-state index is 13.7. The second-order valence-corrected chi connectivity index (χ2v) is 8.08. The molecular formula is C20H23F3N6O2. The number of fused-ring (bicyclic) bond motifs is 1. The second kappa shape index (κ2) is 7.95. The molecule has 1 saturated heterocycles. The van der Waals surface area contributed by atoms with Gasteiger partial charge in [-0.3, -0.25) is 5.32 Å². The minimum Gasteiger partial charge on any atom is -0.441 e. The van der Waals surface area contributed by atoms with E-state index >= 15 is 0 Å². The van der Waals surface area contributed by atoms with Crippen molar-refractivity contribution in [2.75, 3.05) is 29.9 Å². The van der Waals surface area contributed by atoms with Crippen molar-refractivity contribution >= 4 is 17.7 Å². The topological polar surface area (TPSA) is 92.3 Å². The molecule has 31 heavy (non-hydrogen) atoms. The Morgan fingerprint density at radius 3 is 2.71 bits per heavy atom. The molecule has 166 valence electrons. The van der Waals surface area contributed by atoms with Crippen molar-refractivity contribution < 1.29 is 22.7 Å². The standard InChI is InChI=1S/C20H23F3N6O2/c1-10(2)17-15-16(25-9-26-18(15)28-19(30)31-17)13-6-12(20(21,22)23)7-14(27-13)29-5-4-24-11(3)8-29/h6-7,9-11,17,24H,4-5,8H2,1-3H3,(H,25,26,28,30)/t11-,17?/m0/s1. The summed E-state index contributed by atoms with van der Waals surface area (Å²) < 4.78 is 46.6. The van der Waals surface area contributed by atoms with Crippen LogP contribution >= 0.6 is 0 Å². The maximum Gasteiger partial charge on any atom is 0.416 e. The van der Waals surface area contributed by atoms with Crippen molar-refractivity contribution in [1.82, 2.24) is 20.3 Å². The van der Waals surface area contributed by atoms with Crippen LogP contribution < -0.4 is 15.5 Å². The average molecular weight is 436 g/mol. The largest absolute Gasteiger partial charge is 0.441 e. The van der Waals surface area contributed by atoms with E-state index in [0.717, 1.165) is 12.1 Å². The number of aromatic nitrogens is 3. The number of carbonyl (C=O) groups excluding carboxylic acids is 1. The van der Waals surface area contributed by atoms with Crippen molar-refractivity contribution in [1.29, 1.82) is 0 Å². The number of anilines is 2. The molecule has 2 aromatic heterocycles. The van der Waals surface area contributed by atoms with Gasteiger partial charge in [-0.1, -0.05) is 13.8 Å². The Hall–Kier alpha value is -2.95. The fraction of sp³-hybridized carbons (Fsp3) is 0.500. The van der Waals surface area contributed by atoms with Gasteiger partial charge in [0.25, 0.3) is 0 Å². The molecule has 8 nitrogen and oxygen atoms in total. The van der Waals surface area contributed by atoms with Crippen molar-refractivity contribution in [2.45, 2.75) is 39.1 Å². The molecule has 1 unspecified atom stereocenters. The Kier molecular flexibility index (Phi) is 5.46. The quantitative estimate of drug-likeness (QED) is 0.759. The Balaban J connectivity index is 1.88. The van der Waals surface area contributed by atoms with Crippen LogP contribution in [0.3, 0.4) is 0 Å². The molecule has 0 aliphatic carbocycles. The fourth-order valence-electron chi connectivity index (χ4n) is 3.84. The zero-order chi connectivity index (χ0) is 22.3. The minimum atomic E-state index is -4.55. The number of hydrogen-bond donors (Lipinski definition) is 2. The average Bonchev–Trinajstić information content (AvgIpc) is 2.71. The zero-order valence-electron chi connectivity index (χ0n) is 17.3. The molecule has 2 aromatic rings. The van der Waals surface area contributed by atoms with E-state index in [9.17, 15) is 18.0 Å². The molecule has 0 saturated carbocycles. The zero-order valence-corrected chi connectivity index (χ0v) is 17.3. The van der Waals surface area contributed by atoms with Gasteiger partial charge < -0.3 is 15.0 Å². The number of nitrogens with one attached hydrogen (secondary N) is 2. The number of cyclic esters (lactones) is 1. The number of carbonyl (C=O) groups is 1. The summed E-state index contributed by atoms with van der Waals surface area (Å²) in [5.74, 6) is 0.303. The van der Waals surface area contributed by atoms with E-state index in [-0.39, 0.29) is 35.0 Å². The SMILES string of the molecule is CC(C)C1OC(=O)Nc2ncnc(-c3cc(C(F)(F)F)cc(N4CCN[C@@H](C)C4)n3)c21. The smallest absolute Gasteiger partial charge is 0.416 e. The molecule has 4 heterocycles. The van der Waals surface area contributed by atoms with Gasteiger partial charge >= 0.3 is 12.3 Å². The van der Waals surface area contributed by atoms with Crippen LogP contribution in [-0.4, -0.2) is 46.7 Å². The molecule has 1 fully saturated rings. The summed E-state index contributed by atoms with van der Waals surface area (Å²) >= 11 is 0. The summed E-state index contributed by atoms with van der Waals surface area (Å²) in [6, 6.07) is 2.16. The van der Waals surface area contributed by atoms with Gasteiger partial charge in [-0.25, -0.2) is 19.7 Å². The van der Waals surface area contributed by atoms with Gasteiger partial charge in [-0.15, -0.1) is 0 Å². The predicted octanol–water partition coefficient (Wildman–Crippen LogP) is 3.61. The number of nitrogens with zero attached hydrogens (tertiary/aromatic N) is 4. The summed E-state index contributed by atoms with van der Waals surface area (Å²) in [5.41, 5.74) is -0.129. The van der Waals surface area contributed by atoms with E-state index in [1.54, 1.807) is 0 Å². The molecule has 2 aliphatic rings. The summed E-state index contributed by atoms with van der Waals surface area (Å²) in [6.45, 7) is 7.37. The van der Waals surface area contributed by atoms with Gasteiger partial charge in [0.15, 0.2) is 0 Å². The highest BCUT2D eigenvalue weighted by Gasteiger charge is 2.36. The monoisotopic (exact) mass is 436 g/mol. The lowest BCUT2D eigenvalue weighted by molar-refractivity contribution is -0.137. The minimum absolute atomic E-state index is 0.0556. The number of halogens is 3. The van der Waals surface area contributed by atoms with Gasteiger partial charge in [0.1, 0.15) is 29.8 Å². The van der Waals surface area contributed by atoms with Gasteiger partial charge in [0.2, 0.25) is 0 Å². The molecule has 1 amide bonds. The Morgan fingerprint density at radius 1 is 1.26 bits per heavy atom. The number of hydrogen-bond acceptors (Lipinski definition) is 7. The first-order valence-corrected chi connectivity index (χ1v) is 10.0. The first-order valence-electron chi connectivity index (χ1n) is 10.0. The first-order chi connectivity index (χ1) is 14.6. The van der Waals surface area contributed by atoms with Crippen LogP contribution in [-0.2, 0) is 10.9 Å². The summed E-state index contributed by atoms with van der Waals surface area (Å²) in [6.07, 6.45) is -4.73. The van der Waals surface area contributed by atoms with Gasteiger partial charge in [0.05, 0.1) is 16.8 Å². The molecule has 4 rings (SSSR count). The number of rotatable bonds is 3. The Labute approximate surface area is 177 Å². The first kappa shape index (κ1) is 21.3. The number of alkyl halides is 3. The van der Waals surface area contributed by atoms with Crippen molar-refractivity contribution in [3.05, 3.63) is 29.6 Å². The highest BCUT2D eigenvalue weighted by molar-refractivity contribution is 5.88. The third-order valence-corrected chi connectivity index (χ3v) is 5.30. The molecule has 2 atom stereocenters. The van der Waals surface area contributed by atoms with Crippen LogP contribution in [0.5, 0.6) is 0 Å². The third kappa shape index (κ3) is 4.27. The van der Waals surface area contributed by atoms with Gasteiger partial charge in [-0.05, 0) is 25.0 Å². The van der Waals surface area contributed by atoms with E-state index in [2.05, 4.69) is 25.6 Å². The van der Waals surface area contributed by atoms with Crippen LogP contribution in [0.4, 0.5) is 29.6 Å². The van der Waals surface area contributed by atoms with Crippen molar-refractivity contribution in [3.63, 3.8) is 0 Å². The number of amides is 1. The van der Waals surface area contributed by atoms with E-state index in [4.69, 9.17) is 4.74 Å². The highest BCUT2D eigenvalue weighted by atomic mass is 19.4. The number of piperazine rings is 1. The highest BCUT2D eigenvalue weighted by Crippen LogP contribution is 2.41. The van der Waals surface area contributed by atoms with E-state index in [1.165, 1.54) is 6.33 Å². The Bertz CT molecular complexity index is 997. The normalized spacial score (nSPS) is 21.5. The number of ether oxygens (including phenoxy) is 1. The van der Waals surface area contributed by atoms with Crippen LogP contribution in [0.25, 0.3) is 11.4 Å². The lowest BCUT2D eigenvalue weighted by Gasteiger charge is -2.33. The summed E-state index contributed by atoms with van der Waals surface area (Å²) in [5, 5.41) is 5.77. The Morgan fingerprint density at radius 2 is 2.03 bits per heavy atom. The second-order valence-electron chi connectivity index (χ2n) is 8.08. The summed E-state index contributed by atoms with van der Waals surface area (Å²) in [4.78, 5) is 26.6. The number of pyridine rings is 1. The van der Waals surface area contributed by atoms with E-state index < -0.39 is 23.9 Å². The van der Waals surface area contributed by atoms with Gasteiger partial charge in [-0.2, -0.15) is 13.2 Å². The van der Waals surface area contributed by atoms with Crippen LogP contribution in [0.1, 0.15) is 38.0 Å². The lowest BCUT2D eigenvalue weighted by Crippen LogP contribution is -2.49. The molecular weight excluding hydrogens is 413 g/mol. The predicted molar refractivity (Wildman–Crippen MR) is 108 cm³/mol. The molecule has 11 heteroatoms. The third-order valence-electron chi connectivity index (χ3n) is 5.30.